The minimum atomic E-state index is -0.842. The molecule has 0 rings (SSSR count). The van der Waals surface area contributed by atoms with Gasteiger partial charge in [0.15, 0.2) is 0 Å². The zero-order chi connectivity index (χ0) is 47.2. The van der Waals surface area contributed by atoms with Crippen LogP contribution in [0.15, 0.2) is 24.3 Å². The van der Waals surface area contributed by atoms with E-state index in [1.807, 2.05) is 6.08 Å². The highest BCUT2D eigenvalue weighted by Crippen LogP contribution is 2.17. The van der Waals surface area contributed by atoms with E-state index in [0.29, 0.717) is 19.4 Å². The van der Waals surface area contributed by atoms with Crippen LogP contribution in [0.25, 0.3) is 0 Å². The zero-order valence-electron chi connectivity index (χ0n) is 43.7. The lowest BCUT2D eigenvalue weighted by molar-refractivity contribution is -0.143. The summed E-state index contributed by atoms with van der Waals surface area (Å²) in [4.78, 5) is 24.4. The van der Waals surface area contributed by atoms with Gasteiger partial charge in [-0.3, -0.25) is 9.59 Å². The molecule has 0 aromatic rings. The van der Waals surface area contributed by atoms with Gasteiger partial charge in [-0.2, -0.15) is 0 Å². The Morgan fingerprint density at radius 2 is 0.723 bits per heavy atom. The summed E-state index contributed by atoms with van der Waals surface area (Å²) >= 11 is 0. The number of unbranched alkanes of at least 4 members (excludes halogenated alkanes) is 41. The molecule has 6 heteroatoms. The van der Waals surface area contributed by atoms with E-state index in [1.54, 1.807) is 6.08 Å². The van der Waals surface area contributed by atoms with Crippen molar-refractivity contribution in [2.45, 2.75) is 328 Å². The van der Waals surface area contributed by atoms with Crippen LogP contribution in [0.1, 0.15) is 316 Å². The van der Waals surface area contributed by atoms with Gasteiger partial charge in [0, 0.05) is 12.8 Å². The number of carbonyl (C=O) groups is 2. The molecule has 0 fully saturated rings. The summed E-state index contributed by atoms with van der Waals surface area (Å²) in [7, 11) is 0. The van der Waals surface area contributed by atoms with Crippen molar-refractivity contribution in [1.29, 1.82) is 0 Å². The SMILES string of the molecule is CCCCCC/C=C\CCCCCCCC(=O)OCCCCCCCCCCCCCCCCCCCCCCCCCC(=O)NC(CO)C(O)/C=C/CCCCCCCCCCCC. The van der Waals surface area contributed by atoms with E-state index in [1.165, 1.54) is 244 Å². The quantitative estimate of drug-likeness (QED) is 0.0321. The first-order valence-corrected chi connectivity index (χ1v) is 29.1. The van der Waals surface area contributed by atoms with Crippen molar-refractivity contribution in [3.8, 4) is 0 Å². The Morgan fingerprint density at radius 1 is 0.415 bits per heavy atom. The second-order valence-corrected chi connectivity index (χ2v) is 20.0. The van der Waals surface area contributed by atoms with E-state index in [0.717, 1.165) is 44.9 Å². The zero-order valence-corrected chi connectivity index (χ0v) is 43.7. The smallest absolute Gasteiger partial charge is 0.305 e. The summed E-state index contributed by atoms with van der Waals surface area (Å²) < 4.78 is 5.47. The molecule has 0 radical (unpaired) electrons. The molecule has 0 spiro atoms. The van der Waals surface area contributed by atoms with Gasteiger partial charge in [-0.1, -0.05) is 269 Å². The van der Waals surface area contributed by atoms with Gasteiger partial charge in [-0.15, -0.1) is 0 Å². The molecule has 65 heavy (non-hydrogen) atoms. The van der Waals surface area contributed by atoms with Crippen LogP contribution in [0.3, 0.4) is 0 Å². The van der Waals surface area contributed by atoms with Gasteiger partial charge in [-0.05, 0) is 57.8 Å². The van der Waals surface area contributed by atoms with Gasteiger partial charge in [0.1, 0.15) is 0 Å². The molecule has 0 saturated heterocycles. The molecule has 0 heterocycles. The van der Waals surface area contributed by atoms with Crippen LogP contribution in [-0.2, 0) is 14.3 Å². The summed E-state index contributed by atoms with van der Waals surface area (Å²) in [5, 5.41) is 23.0. The number of allylic oxidation sites excluding steroid dienone is 3. The monoisotopic (exact) mass is 916 g/mol. The topological polar surface area (TPSA) is 95.9 Å². The van der Waals surface area contributed by atoms with Crippen molar-refractivity contribution in [2.24, 2.45) is 0 Å². The number of amides is 1. The Kier molecular flexibility index (Phi) is 53.5. The maximum atomic E-state index is 12.4. The molecule has 0 aromatic carbocycles. The maximum absolute atomic E-state index is 12.4. The lowest BCUT2D eigenvalue weighted by atomic mass is 10.0. The van der Waals surface area contributed by atoms with Crippen LogP contribution in [0, 0.1) is 0 Å². The predicted octanol–water partition coefficient (Wildman–Crippen LogP) is 17.9. The van der Waals surface area contributed by atoms with Crippen LogP contribution in [0.4, 0.5) is 0 Å². The number of ether oxygens (including phenoxy) is 1. The Labute approximate surface area is 405 Å². The first-order valence-electron chi connectivity index (χ1n) is 29.1. The van der Waals surface area contributed by atoms with Gasteiger partial charge >= 0.3 is 5.97 Å². The molecule has 6 nitrogen and oxygen atoms in total. The van der Waals surface area contributed by atoms with Gasteiger partial charge < -0.3 is 20.3 Å². The third kappa shape index (κ3) is 51.6. The number of esters is 1. The second-order valence-electron chi connectivity index (χ2n) is 20.0. The summed E-state index contributed by atoms with van der Waals surface area (Å²) in [6, 6.07) is -0.626. The first-order chi connectivity index (χ1) is 32.0. The number of rotatable bonds is 54. The Morgan fingerprint density at radius 3 is 1.11 bits per heavy atom. The fraction of sp³-hybridized carbons (Fsp3) is 0.898. The van der Waals surface area contributed by atoms with E-state index in [4.69, 9.17) is 4.74 Å². The van der Waals surface area contributed by atoms with Gasteiger partial charge in [-0.25, -0.2) is 0 Å². The molecule has 0 aliphatic heterocycles. The number of aliphatic hydroxyl groups is 2. The summed E-state index contributed by atoms with van der Waals surface area (Å²) in [5.41, 5.74) is 0. The van der Waals surface area contributed by atoms with Crippen LogP contribution in [-0.4, -0.2) is 47.4 Å². The highest BCUT2D eigenvalue weighted by atomic mass is 16.5. The van der Waals surface area contributed by atoms with E-state index in [-0.39, 0.29) is 18.5 Å². The largest absolute Gasteiger partial charge is 0.466 e. The van der Waals surface area contributed by atoms with Crippen LogP contribution in [0.2, 0.25) is 0 Å². The second kappa shape index (κ2) is 54.9. The number of carbonyl (C=O) groups excluding carboxylic acids is 2. The third-order valence-electron chi connectivity index (χ3n) is 13.5. The fourth-order valence-corrected chi connectivity index (χ4v) is 8.98. The molecular formula is C59H113NO5. The van der Waals surface area contributed by atoms with E-state index < -0.39 is 12.1 Å². The molecule has 2 atom stereocenters. The van der Waals surface area contributed by atoms with Crippen molar-refractivity contribution >= 4 is 11.9 Å². The normalized spacial score (nSPS) is 12.7. The molecule has 384 valence electrons. The molecule has 0 bridgehead atoms. The fourth-order valence-electron chi connectivity index (χ4n) is 8.98. The maximum Gasteiger partial charge on any atom is 0.305 e. The van der Waals surface area contributed by atoms with Crippen LogP contribution < -0.4 is 5.32 Å². The molecule has 0 aromatic heterocycles. The number of hydrogen-bond acceptors (Lipinski definition) is 5. The third-order valence-corrected chi connectivity index (χ3v) is 13.5. The van der Waals surface area contributed by atoms with Crippen LogP contribution in [0.5, 0.6) is 0 Å². The van der Waals surface area contributed by atoms with Crippen molar-refractivity contribution in [3.63, 3.8) is 0 Å². The lowest BCUT2D eigenvalue weighted by Gasteiger charge is -2.20. The summed E-state index contributed by atoms with van der Waals surface area (Å²) in [6.45, 7) is 4.89. The van der Waals surface area contributed by atoms with Crippen molar-refractivity contribution in [2.75, 3.05) is 13.2 Å². The Bertz CT molecular complexity index is 1010. The molecule has 0 aliphatic carbocycles. The molecule has 0 aliphatic rings. The van der Waals surface area contributed by atoms with Gasteiger partial charge in [0.05, 0.1) is 25.4 Å². The van der Waals surface area contributed by atoms with E-state index >= 15 is 0 Å². The molecular weight excluding hydrogens is 803 g/mol. The lowest BCUT2D eigenvalue weighted by Crippen LogP contribution is -2.45. The van der Waals surface area contributed by atoms with Gasteiger partial charge in [0.2, 0.25) is 5.91 Å². The standard InChI is InChI=1S/C59H113NO5/c1-3-5-7-9-11-13-15-28-33-37-41-45-49-53-59(64)65-54-50-46-42-38-34-30-27-25-23-21-19-17-18-20-22-24-26-29-32-36-40-44-48-52-58(63)60-56(55-61)57(62)51-47-43-39-35-31-16-14-12-10-8-6-4-2/h13,15,47,51,56-57,61-62H,3-12,14,16-46,48-50,52-55H2,1-2H3,(H,60,63)/b15-13-,51-47+. The van der Waals surface area contributed by atoms with Crippen LogP contribution >= 0.6 is 0 Å². The highest BCUT2D eigenvalue weighted by Gasteiger charge is 2.18. The Hall–Kier alpha value is -1.66. The average molecular weight is 917 g/mol. The first kappa shape index (κ1) is 63.3. The molecule has 2 unspecified atom stereocenters. The van der Waals surface area contributed by atoms with E-state index in [9.17, 15) is 19.8 Å². The Balaban J connectivity index is 3.38. The number of aliphatic hydroxyl groups excluding tert-OH is 2. The average Bonchev–Trinajstić information content (AvgIpc) is 3.31. The molecule has 3 N–H and O–H groups in total. The number of nitrogens with one attached hydrogen (secondary N) is 1. The van der Waals surface area contributed by atoms with E-state index in [2.05, 4.69) is 31.3 Å². The van der Waals surface area contributed by atoms with Crippen molar-refractivity contribution in [3.05, 3.63) is 24.3 Å². The summed E-state index contributed by atoms with van der Waals surface area (Å²) in [5.74, 6) is -0.0630. The minimum Gasteiger partial charge on any atom is -0.466 e. The molecule has 0 saturated carbocycles. The highest BCUT2D eigenvalue weighted by molar-refractivity contribution is 5.76. The van der Waals surface area contributed by atoms with Crippen molar-refractivity contribution in [1.82, 2.24) is 5.32 Å². The summed E-state index contributed by atoms with van der Waals surface area (Å²) in [6.07, 6.45) is 66.4. The number of hydrogen-bond donors (Lipinski definition) is 3. The molecule has 1 amide bonds. The van der Waals surface area contributed by atoms with Crippen molar-refractivity contribution < 1.29 is 24.5 Å². The minimum absolute atomic E-state index is 0.00456. The predicted molar refractivity (Wildman–Crippen MR) is 283 cm³/mol. The van der Waals surface area contributed by atoms with Gasteiger partial charge in [0.25, 0.3) is 0 Å².